The van der Waals surface area contributed by atoms with Crippen LogP contribution in [0.25, 0.3) is 22.6 Å². The zero-order valence-electron chi connectivity index (χ0n) is 14.9. The molecule has 0 amide bonds. The van der Waals surface area contributed by atoms with Crippen LogP contribution < -0.4 is 4.72 Å². The molecule has 6 heteroatoms. The molecule has 0 aliphatic rings. The van der Waals surface area contributed by atoms with Crippen molar-refractivity contribution >= 4 is 26.8 Å². The number of fused-ring (bicyclic) bond motifs is 1. The van der Waals surface area contributed by atoms with Crippen molar-refractivity contribution in [2.24, 2.45) is 0 Å². The Labute approximate surface area is 157 Å². The van der Waals surface area contributed by atoms with Crippen LogP contribution in [-0.4, -0.2) is 13.4 Å². The van der Waals surface area contributed by atoms with Crippen LogP contribution in [0.3, 0.4) is 0 Å². The summed E-state index contributed by atoms with van der Waals surface area (Å²) in [6.07, 6.45) is 0. The number of aromatic nitrogens is 1. The molecule has 1 heterocycles. The normalized spacial score (nSPS) is 11.6. The lowest BCUT2D eigenvalue weighted by molar-refractivity contribution is 0.601. The first-order valence-electron chi connectivity index (χ1n) is 8.48. The highest BCUT2D eigenvalue weighted by atomic mass is 32.2. The maximum Gasteiger partial charge on any atom is 0.261 e. The summed E-state index contributed by atoms with van der Waals surface area (Å²) in [6.45, 7) is 3.76. The molecule has 136 valence electrons. The first-order chi connectivity index (χ1) is 12.9. The molecule has 27 heavy (non-hydrogen) atoms. The molecule has 0 saturated carbocycles. The molecular formula is C21H18N2O3S. The molecule has 0 unspecified atom stereocenters. The molecule has 1 N–H and O–H groups in total. The van der Waals surface area contributed by atoms with E-state index < -0.39 is 10.0 Å². The van der Waals surface area contributed by atoms with Gasteiger partial charge in [0.05, 0.1) is 10.6 Å². The largest absolute Gasteiger partial charge is 0.436 e. The SMILES string of the molecule is Cc1ccc(S(=O)(=O)Nc2cc(-c3nc4ccccc4o3)ccc2C)cc1. The van der Waals surface area contributed by atoms with E-state index in [1.54, 1.807) is 30.3 Å². The Hall–Kier alpha value is -3.12. The third-order valence-electron chi connectivity index (χ3n) is 4.35. The quantitative estimate of drug-likeness (QED) is 0.547. The highest BCUT2D eigenvalue weighted by Crippen LogP contribution is 2.29. The zero-order valence-corrected chi connectivity index (χ0v) is 15.7. The number of benzene rings is 3. The van der Waals surface area contributed by atoms with Crippen molar-refractivity contribution in [1.82, 2.24) is 4.98 Å². The smallest absolute Gasteiger partial charge is 0.261 e. The van der Waals surface area contributed by atoms with Crippen LogP contribution in [0.4, 0.5) is 5.69 Å². The third kappa shape index (κ3) is 3.44. The van der Waals surface area contributed by atoms with Gasteiger partial charge in [0, 0.05) is 5.56 Å². The van der Waals surface area contributed by atoms with Crippen molar-refractivity contribution < 1.29 is 12.8 Å². The van der Waals surface area contributed by atoms with Gasteiger partial charge in [-0.15, -0.1) is 0 Å². The van der Waals surface area contributed by atoms with Gasteiger partial charge in [-0.3, -0.25) is 4.72 Å². The van der Waals surface area contributed by atoms with E-state index in [-0.39, 0.29) is 4.90 Å². The molecular weight excluding hydrogens is 360 g/mol. The van der Waals surface area contributed by atoms with E-state index in [0.29, 0.717) is 22.7 Å². The average molecular weight is 378 g/mol. The maximum atomic E-state index is 12.7. The fourth-order valence-corrected chi connectivity index (χ4v) is 3.90. The minimum Gasteiger partial charge on any atom is -0.436 e. The lowest BCUT2D eigenvalue weighted by Gasteiger charge is -2.12. The molecule has 0 fully saturated rings. The van der Waals surface area contributed by atoms with Crippen LogP contribution in [-0.2, 0) is 10.0 Å². The van der Waals surface area contributed by atoms with Gasteiger partial charge in [-0.05, 0) is 55.8 Å². The second kappa shape index (κ2) is 6.55. The predicted molar refractivity (Wildman–Crippen MR) is 106 cm³/mol. The molecule has 0 saturated heterocycles. The van der Waals surface area contributed by atoms with Crippen LogP contribution in [0.5, 0.6) is 0 Å². The van der Waals surface area contributed by atoms with Crippen molar-refractivity contribution in [2.75, 3.05) is 4.72 Å². The van der Waals surface area contributed by atoms with Crippen molar-refractivity contribution in [3.8, 4) is 11.5 Å². The van der Waals surface area contributed by atoms with E-state index in [2.05, 4.69) is 9.71 Å². The summed E-state index contributed by atoms with van der Waals surface area (Å²) in [7, 11) is -3.68. The second-order valence-electron chi connectivity index (χ2n) is 6.43. The third-order valence-corrected chi connectivity index (χ3v) is 5.74. The number of nitrogens with zero attached hydrogens (tertiary/aromatic N) is 1. The van der Waals surface area contributed by atoms with Crippen LogP contribution >= 0.6 is 0 Å². The molecule has 0 spiro atoms. The van der Waals surface area contributed by atoms with Crippen LogP contribution in [0.1, 0.15) is 11.1 Å². The molecule has 0 aliphatic heterocycles. The summed E-state index contributed by atoms with van der Waals surface area (Å²) in [4.78, 5) is 4.70. The Bertz CT molecular complexity index is 1190. The Balaban J connectivity index is 1.71. The molecule has 0 aliphatic carbocycles. The Morgan fingerprint density at radius 3 is 2.41 bits per heavy atom. The number of hydrogen-bond donors (Lipinski definition) is 1. The summed E-state index contributed by atoms with van der Waals surface area (Å²) in [6, 6.07) is 19.7. The first kappa shape index (κ1) is 17.3. The van der Waals surface area contributed by atoms with Crippen molar-refractivity contribution in [2.45, 2.75) is 18.7 Å². The summed E-state index contributed by atoms with van der Waals surface area (Å²) >= 11 is 0. The summed E-state index contributed by atoms with van der Waals surface area (Å²) in [5.41, 5.74) is 4.46. The van der Waals surface area contributed by atoms with Gasteiger partial charge in [-0.25, -0.2) is 13.4 Å². The number of hydrogen-bond acceptors (Lipinski definition) is 4. The van der Waals surface area contributed by atoms with Gasteiger partial charge in [-0.2, -0.15) is 0 Å². The fraction of sp³-hybridized carbons (Fsp3) is 0.0952. The Morgan fingerprint density at radius 2 is 1.67 bits per heavy atom. The topological polar surface area (TPSA) is 72.2 Å². The minimum absolute atomic E-state index is 0.222. The number of nitrogens with one attached hydrogen (secondary N) is 1. The van der Waals surface area contributed by atoms with Gasteiger partial charge < -0.3 is 4.42 Å². The zero-order chi connectivity index (χ0) is 19.0. The predicted octanol–water partition coefficient (Wildman–Crippen LogP) is 4.91. The number of aryl methyl sites for hydroxylation is 2. The number of rotatable bonds is 4. The highest BCUT2D eigenvalue weighted by Gasteiger charge is 2.16. The fourth-order valence-electron chi connectivity index (χ4n) is 2.78. The van der Waals surface area contributed by atoms with E-state index >= 15 is 0 Å². The number of sulfonamides is 1. The monoisotopic (exact) mass is 378 g/mol. The summed E-state index contributed by atoms with van der Waals surface area (Å²) in [5, 5.41) is 0. The molecule has 1 aromatic heterocycles. The lowest BCUT2D eigenvalue weighted by atomic mass is 10.1. The Kier molecular flexibility index (Phi) is 4.20. The molecule has 0 atom stereocenters. The molecule has 0 bridgehead atoms. The van der Waals surface area contributed by atoms with E-state index in [1.165, 1.54) is 0 Å². The molecule has 5 nitrogen and oxygen atoms in total. The van der Waals surface area contributed by atoms with E-state index in [4.69, 9.17) is 4.42 Å². The van der Waals surface area contributed by atoms with Gasteiger partial charge in [-0.1, -0.05) is 35.9 Å². The molecule has 4 aromatic rings. The van der Waals surface area contributed by atoms with Crippen molar-refractivity contribution in [1.29, 1.82) is 0 Å². The first-order valence-corrected chi connectivity index (χ1v) is 9.97. The molecule has 0 radical (unpaired) electrons. The lowest BCUT2D eigenvalue weighted by Crippen LogP contribution is -2.13. The number of para-hydroxylation sites is 2. The van der Waals surface area contributed by atoms with Crippen LogP contribution in [0, 0.1) is 13.8 Å². The standard InChI is InChI=1S/C21H18N2O3S/c1-14-7-11-17(12-8-14)27(24,25)23-19-13-16(10-9-15(19)2)21-22-18-5-3-4-6-20(18)26-21/h3-13,23H,1-2H3. The molecule has 4 rings (SSSR count). The van der Waals surface area contributed by atoms with Gasteiger partial charge in [0.25, 0.3) is 10.0 Å². The second-order valence-corrected chi connectivity index (χ2v) is 8.12. The van der Waals surface area contributed by atoms with Crippen molar-refractivity contribution in [3.05, 3.63) is 77.9 Å². The van der Waals surface area contributed by atoms with Gasteiger partial charge in [0.15, 0.2) is 5.58 Å². The van der Waals surface area contributed by atoms with Crippen LogP contribution in [0.15, 0.2) is 76.0 Å². The van der Waals surface area contributed by atoms with Crippen molar-refractivity contribution in [3.63, 3.8) is 0 Å². The maximum absolute atomic E-state index is 12.7. The summed E-state index contributed by atoms with van der Waals surface area (Å²) in [5.74, 6) is 0.451. The molecule has 3 aromatic carbocycles. The van der Waals surface area contributed by atoms with E-state index in [0.717, 1.165) is 16.6 Å². The summed E-state index contributed by atoms with van der Waals surface area (Å²) < 4.78 is 33.9. The number of anilines is 1. The van der Waals surface area contributed by atoms with E-state index in [9.17, 15) is 8.42 Å². The van der Waals surface area contributed by atoms with Gasteiger partial charge >= 0.3 is 0 Å². The highest BCUT2D eigenvalue weighted by molar-refractivity contribution is 7.92. The van der Waals surface area contributed by atoms with Gasteiger partial charge in [0.2, 0.25) is 5.89 Å². The van der Waals surface area contributed by atoms with Crippen LogP contribution in [0.2, 0.25) is 0 Å². The Morgan fingerprint density at radius 1 is 0.926 bits per heavy atom. The van der Waals surface area contributed by atoms with E-state index in [1.807, 2.05) is 50.2 Å². The van der Waals surface area contributed by atoms with Gasteiger partial charge in [0.1, 0.15) is 5.52 Å². The minimum atomic E-state index is -3.68. The number of oxazole rings is 1. The average Bonchev–Trinajstić information content (AvgIpc) is 3.08.